The molecule has 0 saturated carbocycles. The Bertz CT molecular complexity index is 150. The highest BCUT2D eigenvalue weighted by molar-refractivity contribution is 4.84. The van der Waals surface area contributed by atoms with Gasteiger partial charge in [0.2, 0.25) is 0 Å². The standard InChI is InChI=1S/C12H27NO/c1-6-9-11(4,5)13-10-12(14,7-2)8-3/h13-14H,6-10H2,1-5H3. The molecule has 0 saturated heterocycles. The molecule has 14 heavy (non-hydrogen) atoms. The Labute approximate surface area is 89.1 Å². The molecule has 0 heterocycles. The van der Waals surface area contributed by atoms with Crippen LogP contribution in [0.4, 0.5) is 0 Å². The molecule has 2 nitrogen and oxygen atoms in total. The Morgan fingerprint density at radius 3 is 1.93 bits per heavy atom. The molecule has 0 amide bonds. The fourth-order valence-electron chi connectivity index (χ4n) is 1.62. The number of β-amino-alcohol motifs (C(OH)–C–C–N with tert-alkyl or cyclic N) is 1. The average molecular weight is 201 g/mol. The van der Waals surface area contributed by atoms with Gasteiger partial charge in [0.1, 0.15) is 0 Å². The third-order valence-corrected chi connectivity index (χ3v) is 3.09. The van der Waals surface area contributed by atoms with Crippen molar-refractivity contribution in [2.45, 2.75) is 71.4 Å². The van der Waals surface area contributed by atoms with E-state index in [0.717, 1.165) is 19.3 Å². The maximum absolute atomic E-state index is 10.1. The summed E-state index contributed by atoms with van der Waals surface area (Å²) in [5.74, 6) is 0. The Balaban J connectivity index is 4.02. The van der Waals surface area contributed by atoms with Crippen LogP contribution in [0.3, 0.4) is 0 Å². The number of hydrogen-bond acceptors (Lipinski definition) is 2. The van der Waals surface area contributed by atoms with E-state index in [4.69, 9.17) is 0 Å². The van der Waals surface area contributed by atoms with Gasteiger partial charge in [-0.1, -0.05) is 27.2 Å². The smallest absolute Gasteiger partial charge is 0.0766 e. The van der Waals surface area contributed by atoms with Crippen molar-refractivity contribution in [3.63, 3.8) is 0 Å². The summed E-state index contributed by atoms with van der Waals surface area (Å²) in [6, 6.07) is 0. The fourth-order valence-corrected chi connectivity index (χ4v) is 1.62. The van der Waals surface area contributed by atoms with Gasteiger partial charge in [-0.15, -0.1) is 0 Å². The second kappa shape index (κ2) is 5.72. The molecular weight excluding hydrogens is 174 g/mol. The first-order valence-electron chi connectivity index (χ1n) is 5.86. The normalized spacial score (nSPS) is 13.3. The molecule has 0 unspecified atom stereocenters. The molecule has 0 spiro atoms. The Morgan fingerprint density at radius 2 is 1.57 bits per heavy atom. The summed E-state index contributed by atoms with van der Waals surface area (Å²) < 4.78 is 0. The summed E-state index contributed by atoms with van der Waals surface area (Å²) in [6.45, 7) is 11.4. The highest BCUT2D eigenvalue weighted by atomic mass is 16.3. The van der Waals surface area contributed by atoms with Crippen molar-refractivity contribution in [2.24, 2.45) is 0 Å². The van der Waals surface area contributed by atoms with Gasteiger partial charge >= 0.3 is 0 Å². The number of nitrogens with one attached hydrogen (secondary N) is 1. The summed E-state index contributed by atoms with van der Waals surface area (Å²) in [5, 5.41) is 13.6. The second-order valence-electron chi connectivity index (χ2n) is 4.92. The molecule has 0 aliphatic rings. The number of rotatable bonds is 7. The van der Waals surface area contributed by atoms with E-state index in [-0.39, 0.29) is 5.54 Å². The molecule has 2 heteroatoms. The van der Waals surface area contributed by atoms with E-state index in [2.05, 4.69) is 26.1 Å². The minimum Gasteiger partial charge on any atom is -0.389 e. The molecule has 0 aromatic heterocycles. The van der Waals surface area contributed by atoms with Crippen LogP contribution in [0.2, 0.25) is 0 Å². The van der Waals surface area contributed by atoms with Crippen molar-refractivity contribution < 1.29 is 5.11 Å². The third-order valence-electron chi connectivity index (χ3n) is 3.09. The van der Waals surface area contributed by atoms with Crippen molar-refractivity contribution in [3.8, 4) is 0 Å². The Kier molecular flexibility index (Phi) is 5.68. The van der Waals surface area contributed by atoms with E-state index in [9.17, 15) is 5.11 Å². The van der Waals surface area contributed by atoms with Crippen LogP contribution < -0.4 is 5.32 Å². The van der Waals surface area contributed by atoms with E-state index >= 15 is 0 Å². The maximum atomic E-state index is 10.1. The average Bonchev–Trinajstić information content (AvgIpc) is 2.14. The van der Waals surface area contributed by atoms with Crippen molar-refractivity contribution >= 4 is 0 Å². The first-order valence-corrected chi connectivity index (χ1v) is 5.86. The lowest BCUT2D eigenvalue weighted by Gasteiger charge is -2.33. The van der Waals surface area contributed by atoms with Crippen molar-refractivity contribution in [1.82, 2.24) is 5.32 Å². The Morgan fingerprint density at radius 1 is 1.07 bits per heavy atom. The van der Waals surface area contributed by atoms with Crippen LogP contribution in [0.5, 0.6) is 0 Å². The van der Waals surface area contributed by atoms with Gasteiger partial charge in [-0.05, 0) is 33.1 Å². The monoisotopic (exact) mass is 201 g/mol. The molecule has 0 fully saturated rings. The zero-order valence-electron chi connectivity index (χ0n) is 10.5. The van der Waals surface area contributed by atoms with Crippen molar-refractivity contribution in [2.75, 3.05) is 6.54 Å². The lowest BCUT2D eigenvalue weighted by atomic mass is 9.93. The summed E-state index contributed by atoms with van der Waals surface area (Å²) >= 11 is 0. The molecule has 0 radical (unpaired) electrons. The van der Waals surface area contributed by atoms with Crippen LogP contribution in [0.15, 0.2) is 0 Å². The zero-order chi connectivity index (χ0) is 11.2. The third kappa shape index (κ3) is 4.97. The second-order valence-corrected chi connectivity index (χ2v) is 4.92. The summed E-state index contributed by atoms with van der Waals surface area (Å²) in [7, 11) is 0. The van der Waals surface area contributed by atoms with Crippen LogP contribution in [0.1, 0.15) is 60.3 Å². The quantitative estimate of drug-likeness (QED) is 0.664. The van der Waals surface area contributed by atoms with Gasteiger partial charge in [0.15, 0.2) is 0 Å². The summed E-state index contributed by atoms with van der Waals surface area (Å²) in [4.78, 5) is 0. The molecule has 86 valence electrons. The molecule has 0 bridgehead atoms. The van der Waals surface area contributed by atoms with Crippen LogP contribution >= 0.6 is 0 Å². The number of hydrogen-bond donors (Lipinski definition) is 2. The van der Waals surface area contributed by atoms with Crippen molar-refractivity contribution in [3.05, 3.63) is 0 Å². The minimum absolute atomic E-state index is 0.146. The maximum Gasteiger partial charge on any atom is 0.0766 e. The van der Waals surface area contributed by atoms with Crippen LogP contribution in [-0.4, -0.2) is 22.8 Å². The van der Waals surface area contributed by atoms with E-state index in [1.54, 1.807) is 0 Å². The minimum atomic E-state index is -0.523. The topological polar surface area (TPSA) is 32.3 Å². The highest BCUT2D eigenvalue weighted by Crippen LogP contribution is 2.17. The van der Waals surface area contributed by atoms with Gasteiger partial charge < -0.3 is 10.4 Å². The van der Waals surface area contributed by atoms with Gasteiger partial charge in [0, 0.05) is 12.1 Å². The highest BCUT2D eigenvalue weighted by Gasteiger charge is 2.25. The van der Waals surface area contributed by atoms with Gasteiger partial charge in [0.05, 0.1) is 5.60 Å². The van der Waals surface area contributed by atoms with E-state index < -0.39 is 5.60 Å². The molecule has 0 aromatic carbocycles. The predicted octanol–water partition coefficient (Wildman–Crippen LogP) is 2.71. The fraction of sp³-hybridized carbons (Fsp3) is 1.00. The summed E-state index contributed by atoms with van der Waals surface area (Å²) in [6.07, 6.45) is 3.96. The first-order chi connectivity index (χ1) is 6.39. The van der Waals surface area contributed by atoms with Gasteiger partial charge in [0.25, 0.3) is 0 Å². The predicted molar refractivity (Wildman–Crippen MR) is 62.5 cm³/mol. The first kappa shape index (κ1) is 13.9. The van der Waals surface area contributed by atoms with E-state index in [1.165, 1.54) is 6.42 Å². The van der Waals surface area contributed by atoms with Crippen molar-refractivity contribution in [1.29, 1.82) is 0 Å². The zero-order valence-corrected chi connectivity index (χ0v) is 10.5. The molecule has 0 aliphatic heterocycles. The lowest BCUT2D eigenvalue weighted by Crippen LogP contribution is -2.48. The molecule has 0 rings (SSSR count). The van der Waals surface area contributed by atoms with Crippen LogP contribution in [0, 0.1) is 0 Å². The lowest BCUT2D eigenvalue weighted by molar-refractivity contribution is 0.0253. The molecule has 0 aliphatic carbocycles. The van der Waals surface area contributed by atoms with Gasteiger partial charge in [-0.25, -0.2) is 0 Å². The van der Waals surface area contributed by atoms with Crippen LogP contribution in [-0.2, 0) is 0 Å². The Hall–Kier alpha value is -0.0800. The molecular formula is C12H27NO. The molecule has 2 N–H and O–H groups in total. The van der Waals surface area contributed by atoms with Gasteiger partial charge in [-0.3, -0.25) is 0 Å². The van der Waals surface area contributed by atoms with Gasteiger partial charge in [-0.2, -0.15) is 0 Å². The number of aliphatic hydroxyl groups is 1. The van der Waals surface area contributed by atoms with E-state index in [0.29, 0.717) is 6.54 Å². The van der Waals surface area contributed by atoms with Crippen LogP contribution in [0.25, 0.3) is 0 Å². The molecule has 0 atom stereocenters. The van der Waals surface area contributed by atoms with E-state index in [1.807, 2.05) is 13.8 Å². The SMILES string of the molecule is CCCC(C)(C)NCC(O)(CC)CC. The summed E-state index contributed by atoms with van der Waals surface area (Å²) in [5.41, 5.74) is -0.377. The largest absolute Gasteiger partial charge is 0.389 e. The molecule has 0 aromatic rings.